The molecular formula is C32H62N2O4. The summed E-state index contributed by atoms with van der Waals surface area (Å²) in [6.45, 7) is 15.9. The maximum atomic E-state index is 9.54. The van der Waals surface area contributed by atoms with Crippen LogP contribution in [0.25, 0.3) is 0 Å². The molecule has 3 rings (SSSR count). The van der Waals surface area contributed by atoms with E-state index in [2.05, 4.69) is 34.6 Å². The van der Waals surface area contributed by atoms with Gasteiger partial charge in [-0.25, -0.2) is 0 Å². The smallest absolute Gasteiger partial charge is 0.0637 e. The lowest BCUT2D eigenvalue weighted by molar-refractivity contribution is -0.204. The number of ether oxygens (including phenoxy) is 3. The SMILES string of the molecule is CCO[C@@H]1CCC(C)(CC[C@H](C)OCCCN)[C@H]2C[C@H](OCCCN)C3(C)C(C(C)CCCO)CC[C@H]3C12. The van der Waals surface area contributed by atoms with Crippen molar-refractivity contribution in [3.63, 3.8) is 0 Å². The molecule has 3 aliphatic rings. The average Bonchev–Trinajstić information content (AvgIpc) is 3.26. The first kappa shape index (κ1) is 32.3. The molecule has 0 aromatic rings. The van der Waals surface area contributed by atoms with E-state index >= 15 is 0 Å². The summed E-state index contributed by atoms with van der Waals surface area (Å²) in [7, 11) is 0. The molecule has 0 radical (unpaired) electrons. The molecule has 0 spiro atoms. The highest BCUT2D eigenvalue weighted by molar-refractivity contribution is 5.13. The second-order valence-corrected chi connectivity index (χ2v) is 13.5. The Morgan fingerprint density at radius 2 is 1.66 bits per heavy atom. The summed E-state index contributed by atoms with van der Waals surface area (Å²) >= 11 is 0. The molecule has 0 amide bonds. The van der Waals surface area contributed by atoms with Gasteiger partial charge in [-0.05, 0) is 133 Å². The van der Waals surface area contributed by atoms with Gasteiger partial charge in [-0.1, -0.05) is 20.8 Å². The first-order chi connectivity index (χ1) is 18.3. The topological polar surface area (TPSA) is 100.0 Å². The summed E-state index contributed by atoms with van der Waals surface area (Å²) in [5, 5.41) is 9.54. The lowest BCUT2D eigenvalue weighted by Crippen LogP contribution is -2.60. The Labute approximate surface area is 234 Å². The minimum Gasteiger partial charge on any atom is -0.396 e. The van der Waals surface area contributed by atoms with Crippen molar-refractivity contribution >= 4 is 0 Å². The number of aliphatic hydroxyl groups is 1. The maximum absolute atomic E-state index is 9.54. The molecule has 224 valence electrons. The van der Waals surface area contributed by atoms with Crippen LogP contribution in [0.5, 0.6) is 0 Å². The quantitative estimate of drug-likeness (QED) is 0.210. The Kier molecular flexibility index (Phi) is 12.8. The van der Waals surface area contributed by atoms with Crippen molar-refractivity contribution in [2.45, 2.75) is 124 Å². The highest BCUT2D eigenvalue weighted by Gasteiger charge is 2.64. The van der Waals surface area contributed by atoms with E-state index in [-0.39, 0.29) is 29.6 Å². The van der Waals surface area contributed by atoms with Gasteiger partial charge in [0.1, 0.15) is 0 Å². The molecule has 5 N–H and O–H groups in total. The molecule has 0 aromatic carbocycles. The van der Waals surface area contributed by atoms with Gasteiger partial charge < -0.3 is 30.8 Å². The average molecular weight is 539 g/mol. The van der Waals surface area contributed by atoms with Gasteiger partial charge in [-0.15, -0.1) is 0 Å². The first-order valence-corrected chi connectivity index (χ1v) is 16.1. The Bertz CT molecular complexity index is 680. The van der Waals surface area contributed by atoms with Crippen LogP contribution in [-0.2, 0) is 14.2 Å². The highest BCUT2D eigenvalue weighted by atomic mass is 16.5. The van der Waals surface area contributed by atoms with Gasteiger partial charge >= 0.3 is 0 Å². The predicted molar refractivity (Wildman–Crippen MR) is 156 cm³/mol. The van der Waals surface area contributed by atoms with E-state index in [1.54, 1.807) is 0 Å². The normalized spacial score (nSPS) is 38.5. The monoisotopic (exact) mass is 538 g/mol. The van der Waals surface area contributed by atoms with Crippen molar-refractivity contribution in [2.75, 3.05) is 39.5 Å². The third-order valence-electron chi connectivity index (χ3n) is 11.2. The number of hydrogen-bond acceptors (Lipinski definition) is 6. The van der Waals surface area contributed by atoms with Crippen LogP contribution in [0, 0.1) is 40.4 Å². The van der Waals surface area contributed by atoms with Crippen molar-refractivity contribution in [1.82, 2.24) is 0 Å². The van der Waals surface area contributed by atoms with Gasteiger partial charge in [0, 0.05) is 31.8 Å². The molecule has 38 heavy (non-hydrogen) atoms. The van der Waals surface area contributed by atoms with Crippen LogP contribution >= 0.6 is 0 Å². The van der Waals surface area contributed by atoms with Crippen LogP contribution in [-0.4, -0.2) is 62.9 Å². The van der Waals surface area contributed by atoms with E-state index in [0.29, 0.717) is 48.8 Å². The molecule has 0 aromatic heterocycles. The second kappa shape index (κ2) is 15.1. The van der Waals surface area contributed by atoms with Gasteiger partial charge in [0.2, 0.25) is 0 Å². The number of hydrogen-bond donors (Lipinski definition) is 3. The molecule has 0 saturated heterocycles. The summed E-state index contributed by atoms with van der Waals surface area (Å²) in [4.78, 5) is 0. The highest BCUT2D eigenvalue weighted by Crippen LogP contribution is 2.67. The molecule has 3 saturated carbocycles. The fourth-order valence-electron chi connectivity index (χ4n) is 9.15. The van der Waals surface area contributed by atoms with E-state index in [1.165, 1.54) is 32.1 Å². The van der Waals surface area contributed by atoms with Crippen molar-refractivity contribution in [2.24, 2.45) is 51.9 Å². The van der Waals surface area contributed by atoms with Crippen LogP contribution in [0.4, 0.5) is 0 Å². The Hall–Kier alpha value is -0.240. The molecule has 3 aliphatic carbocycles. The zero-order valence-corrected chi connectivity index (χ0v) is 25.5. The minimum absolute atomic E-state index is 0.150. The predicted octanol–water partition coefficient (Wildman–Crippen LogP) is 5.54. The van der Waals surface area contributed by atoms with Crippen molar-refractivity contribution < 1.29 is 19.3 Å². The molecular weight excluding hydrogens is 476 g/mol. The lowest BCUT2D eigenvalue weighted by Gasteiger charge is -2.61. The molecule has 0 aliphatic heterocycles. The van der Waals surface area contributed by atoms with Gasteiger partial charge in [-0.3, -0.25) is 0 Å². The van der Waals surface area contributed by atoms with Crippen molar-refractivity contribution in [3.05, 3.63) is 0 Å². The van der Waals surface area contributed by atoms with Gasteiger partial charge in [0.15, 0.2) is 0 Å². The summed E-state index contributed by atoms with van der Waals surface area (Å²) in [5.74, 6) is 3.06. The third-order valence-corrected chi connectivity index (χ3v) is 11.2. The molecule has 10 atom stereocenters. The van der Waals surface area contributed by atoms with E-state index in [9.17, 15) is 5.11 Å². The largest absolute Gasteiger partial charge is 0.396 e. The standard InChI is InChI=1S/C32H62N2O4/c1-6-36-28-14-16-31(4,15-13-24(3)37-20-8-17-33)27-22-29(38-21-9-18-34)32(5)25(23(2)10-7-19-35)11-12-26(32)30(27)28/h23-30,35H,6-22,33-34H2,1-5H3/t23?,24-,25?,26-,27-,28+,29-,30?,31?,32?/m0/s1. The second-order valence-electron chi connectivity index (χ2n) is 13.5. The lowest BCUT2D eigenvalue weighted by atomic mass is 9.46. The fraction of sp³-hybridized carbons (Fsp3) is 1.00. The Morgan fingerprint density at radius 1 is 0.921 bits per heavy atom. The van der Waals surface area contributed by atoms with Crippen molar-refractivity contribution in [1.29, 1.82) is 0 Å². The fourth-order valence-corrected chi connectivity index (χ4v) is 9.15. The van der Waals surface area contributed by atoms with E-state index in [1.807, 2.05) is 0 Å². The zero-order valence-electron chi connectivity index (χ0n) is 25.5. The molecule has 3 fully saturated rings. The maximum Gasteiger partial charge on any atom is 0.0637 e. The van der Waals surface area contributed by atoms with Crippen LogP contribution in [0.2, 0.25) is 0 Å². The number of fused-ring (bicyclic) bond motifs is 3. The molecule has 0 bridgehead atoms. The number of aliphatic hydroxyl groups excluding tert-OH is 1. The minimum atomic E-state index is 0.150. The van der Waals surface area contributed by atoms with E-state index < -0.39 is 0 Å². The van der Waals surface area contributed by atoms with E-state index in [0.717, 1.165) is 58.3 Å². The zero-order chi connectivity index (χ0) is 27.8. The van der Waals surface area contributed by atoms with Crippen LogP contribution < -0.4 is 11.5 Å². The molecule has 6 heteroatoms. The first-order valence-electron chi connectivity index (χ1n) is 16.1. The molecule has 0 heterocycles. The Morgan fingerprint density at radius 3 is 2.34 bits per heavy atom. The summed E-state index contributed by atoms with van der Waals surface area (Å²) < 4.78 is 19.5. The number of rotatable bonds is 17. The van der Waals surface area contributed by atoms with Crippen molar-refractivity contribution in [3.8, 4) is 0 Å². The van der Waals surface area contributed by atoms with Crippen LogP contribution in [0.1, 0.15) is 105 Å². The molecule has 5 unspecified atom stereocenters. The molecule has 6 nitrogen and oxygen atoms in total. The van der Waals surface area contributed by atoms with Crippen LogP contribution in [0.3, 0.4) is 0 Å². The number of nitrogens with two attached hydrogens (primary N) is 2. The van der Waals surface area contributed by atoms with Gasteiger partial charge in [-0.2, -0.15) is 0 Å². The summed E-state index contributed by atoms with van der Waals surface area (Å²) in [6.07, 6.45) is 13.1. The Balaban J connectivity index is 1.88. The summed E-state index contributed by atoms with van der Waals surface area (Å²) in [5.41, 5.74) is 12.0. The van der Waals surface area contributed by atoms with Gasteiger partial charge in [0.05, 0.1) is 18.3 Å². The van der Waals surface area contributed by atoms with Crippen LogP contribution in [0.15, 0.2) is 0 Å². The third kappa shape index (κ3) is 7.15. The summed E-state index contributed by atoms with van der Waals surface area (Å²) in [6, 6.07) is 0. The van der Waals surface area contributed by atoms with Gasteiger partial charge in [0.25, 0.3) is 0 Å². The van der Waals surface area contributed by atoms with E-state index in [4.69, 9.17) is 25.7 Å².